The quantitative estimate of drug-likeness (QED) is 0.562. The molecule has 0 aliphatic carbocycles. The molecule has 1 aliphatic rings. The fourth-order valence-corrected chi connectivity index (χ4v) is 3.54. The van der Waals surface area contributed by atoms with Crippen molar-refractivity contribution in [2.45, 2.75) is 38.8 Å². The fraction of sp³-hybridized carbons (Fsp3) is 0.435. The van der Waals surface area contributed by atoms with Gasteiger partial charge in [0.05, 0.1) is 7.11 Å². The Bertz CT molecular complexity index is 970. The third-order valence-electron chi connectivity index (χ3n) is 5.18. The van der Waals surface area contributed by atoms with Gasteiger partial charge in [-0.2, -0.15) is 0 Å². The van der Waals surface area contributed by atoms with Crippen molar-refractivity contribution in [1.82, 2.24) is 20.2 Å². The first-order valence-corrected chi connectivity index (χ1v) is 10.6. The number of nitrogens with zero attached hydrogens (tertiary/aromatic N) is 2. The second-order valence-corrected chi connectivity index (χ2v) is 7.95. The normalized spacial score (nSPS) is 16.6. The summed E-state index contributed by atoms with van der Waals surface area (Å²) in [6.07, 6.45) is 8.62. The van der Waals surface area contributed by atoms with Gasteiger partial charge in [0, 0.05) is 61.8 Å². The number of likely N-dealkylation sites (tertiary alicyclic amines) is 1. The molecule has 2 aromatic rings. The maximum absolute atomic E-state index is 12.5. The van der Waals surface area contributed by atoms with Crippen LogP contribution in [-0.4, -0.2) is 59.6 Å². The Balaban J connectivity index is 1.66. The van der Waals surface area contributed by atoms with E-state index in [1.54, 1.807) is 25.6 Å². The molecule has 31 heavy (non-hydrogen) atoms. The van der Waals surface area contributed by atoms with Crippen LogP contribution in [0.4, 0.5) is 5.69 Å². The molecule has 1 aliphatic heterocycles. The predicted octanol–water partition coefficient (Wildman–Crippen LogP) is 2.40. The number of rotatable bonds is 8. The molecule has 0 radical (unpaired) electrons. The highest BCUT2D eigenvalue weighted by Crippen LogP contribution is 2.23. The summed E-state index contributed by atoms with van der Waals surface area (Å²) in [6, 6.07) is 5.90. The summed E-state index contributed by atoms with van der Waals surface area (Å²) in [7, 11) is 1.57. The lowest BCUT2D eigenvalue weighted by Crippen LogP contribution is -2.45. The molecule has 1 unspecified atom stereocenters. The zero-order valence-corrected chi connectivity index (χ0v) is 18.4. The molecule has 3 heterocycles. The van der Waals surface area contributed by atoms with Crippen molar-refractivity contribution >= 4 is 11.6 Å². The van der Waals surface area contributed by atoms with E-state index < -0.39 is 0 Å². The number of anilines is 1. The molecular formula is C23H31N5O3. The van der Waals surface area contributed by atoms with Gasteiger partial charge >= 0.3 is 0 Å². The monoisotopic (exact) mass is 425 g/mol. The Morgan fingerprint density at radius 2 is 2.23 bits per heavy atom. The van der Waals surface area contributed by atoms with Crippen molar-refractivity contribution in [2.24, 2.45) is 0 Å². The average molecular weight is 426 g/mol. The molecule has 0 saturated carbocycles. The highest BCUT2D eigenvalue weighted by molar-refractivity contribution is 5.87. The fourth-order valence-electron chi connectivity index (χ4n) is 3.54. The minimum atomic E-state index is -0.187. The number of nitrogens with one attached hydrogen (secondary N) is 3. The number of H-pyrrole nitrogens is 1. The van der Waals surface area contributed by atoms with Crippen molar-refractivity contribution in [3.8, 4) is 17.0 Å². The van der Waals surface area contributed by atoms with Crippen LogP contribution in [0, 0.1) is 0 Å². The second kappa shape index (κ2) is 10.8. The number of methoxy groups -OCH3 is 1. The van der Waals surface area contributed by atoms with Gasteiger partial charge in [0.25, 0.3) is 5.56 Å². The van der Waals surface area contributed by atoms with Crippen molar-refractivity contribution in [1.29, 1.82) is 0 Å². The van der Waals surface area contributed by atoms with Crippen LogP contribution in [0.5, 0.6) is 5.88 Å². The minimum absolute atomic E-state index is 0.00333. The first-order valence-electron chi connectivity index (χ1n) is 10.6. The molecule has 8 nitrogen and oxygen atoms in total. The Labute approximate surface area is 182 Å². The number of piperidine rings is 1. The van der Waals surface area contributed by atoms with Gasteiger partial charge in [-0.15, -0.1) is 0 Å². The van der Waals surface area contributed by atoms with Crippen molar-refractivity contribution in [3.63, 3.8) is 0 Å². The highest BCUT2D eigenvalue weighted by atomic mass is 16.5. The van der Waals surface area contributed by atoms with Crippen LogP contribution in [0.2, 0.25) is 0 Å². The molecule has 0 aromatic carbocycles. The summed E-state index contributed by atoms with van der Waals surface area (Å²) in [6.45, 7) is 6.09. The standard InChI is InChI=1S/C23H31N5O3/c1-16(2)24-9-4-7-22(29)28-11-5-6-19(15-28)27-20-12-18(14-26-23(20)30)17-8-10-25-21(13-17)31-3/h4,7-8,10,12-14,16,19,24,27H,5-6,9,11,15H2,1-3H3,(H,26,30)/b7-4+. The van der Waals surface area contributed by atoms with Gasteiger partial charge in [0.2, 0.25) is 11.8 Å². The number of amides is 1. The Morgan fingerprint density at radius 3 is 3.00 bits per heavy atom. The topological polar surface area (TPSA) is 99.4 Å². The van der Waals surface area contributed by atoms with Crippen LogP contribution >= 0.6 is 0 Å². The number of carbonyl (C=O) groups excluding carboxylic acids is 1. The SMILES string of the molecule is COc1cc(-c2c[nH]c(=O)c(NC3CCCN(C(=O)/C=C/CNC(C)C)C3)c2)ccn1. The average Bonchev–Trinajstić information content (AvgIpc) is 2.78. The van der Waals surface area contributed by atoms with E-state index in [1.165, 1.54) is 0 Å². The molecule has 0 bridgehead atoms. The maximum atomic E-state index is 12.5. The van der Waals surface area contributed by atoms with Crippen molar-refractivity contribution in [3.05, 3.63) is 53.1 Å². The van der Waals surface area contributed by atoms with Gasteiger partial charge in [-0.25, -0.2) is 4.98 Å². The van der Waals surface area contributed by atoms with Crippen LogP contribution < -0.4 is 20.9 Å². The van der Waals surface area contributed by atoms with Gasteiger partial charge in [0.1, 0.15) is 5.69 Å². The summed E-state index contributed by atoms with van der Waals surface area (Å²) in [5.41, 5.74) is 2.05. The molecule has 1 fully saturated rings. The lowest BCUT2D eigenvalue weighted by Gasteiger charge is -2.33. The molecule has 2 aromatic heterocycles. The molecule has 3 rings (SSSR count). The number of ether oxygens (including phenoxy) is 1. The summed E-state index contributed by atoms with van der Waals surface area (Å²) < 4.78 is 5.19. The van der Waals surface area contributed by atoms with E-state index in [4.69, 9.17) is 4.74 Å². The zero-order valence-electron chi connectivity index (χ0n) is 18.4. The van der Waals surface area contributed by atoms with Gasteiger partial charge in [-0.1, -0.05) is 19.9 Å². The number of hydrogen-bond donors (Lipinski definition) is 3. The maximum Gasteiger partial charge on any atom is 0.271 e. The Morgan fingerprint density at radius 1 is 1.39 bits per heavy atom. The summed E-state index contributed by atoms with van der Waals surface area (Å²) >= 11 is 0. The Hall–Kier alpha value is -3.13. The smallest absolute Gasteiger partial charge is 0.271 e. The number of pyridine rings is 2. The Kier molecular flexibility index (Phi) is 7.83. The summed E-state index contributed by atoms with van der Waals surface area (Å²) in [5, 5.41) is 6.59. The van der Waals surface area contributed by atoms with E-state index in [9.17, 15) is 9.59 Å². The van der Waals surface area contributed by atoms with Crippen molar-refractivity contribution in [2.75, 3.05) is 32.1 Å². The minimum Gasteiger partial charge on any atom is -0.481 e. The van der Waals surface area contributed by atoms with E-state index in [-0.39, 0.29) is 17.5 Å². The lowest BCUT2D eigenvalue weighted by atomic mass is 10.0. The van der Waals surface area contributed by atoms with Crippen LogP contribution in [0.3, 0.4) is 0 Å². The number of carbonyl (C=O) groups is 1. The zero-order chi connectivity index (χ0) is 22.2. The number of aromatic amines is 1. The third-order valence-corrected chi connectivity index (χ3v) is 5.18. The van der Waals surface area contributed by atoms with E-state index in [2.05, 4.69) is 34.4 Å². The van der Waals surface area contributed by atoms with Gasteiger partial charge in [-0.05, 0) is 30.5 Å². The molecule has 8 heteroatoms. The molecule has 1 amide bonds. The molecule has 1 atom stereocenters. The largest absolute Gasteiger partial charge is 0.481 e. The van der Waals surface area contributed by atoms with Gasteiger partial charge in [-0.3, -0.25) is 9.59 Å². The van der Waals surface area contributed by atoms with Crippen LogP contribution in [0.25, 0.3) is 11.1 Å². The van der Waals surface area contributed by atoms with E-state index in [0.717, 1.165) is 30.5 Å². The molecule has 166 valence electrons. The molecular weight excluding hydrogens is 394 g/mol. The molecule has 1 saturated heterocycles. The van der Waals surface area contributed by atoms with Crippen LogP contribution in [-0.2, 0) is 4.79 Å². The highest BCUT2D eigenvalue weighted by Gasteiger charge is 2.23. The third kappa shape index (κ3) is 6.42. The van der Waals surface area contributed by atoms with Gasteiger partial charge < -0.3 is 25.3 Å². The van der Waals surface area contributed by atoms with Crippen molar-refractivity contribution < 1.29 is 9.53 Å². The lowest BCUT2D eigenvalue weighted by molar-refractivity contribution is -0.127. The van der Waals surface area contributed by atoms with E-state index in [0.29, 0.717) is 30.7 Å². The van der Waals surface area contributed by atoms with Gasteiger partial charge in [0.15, 0.2) is 0 Å². The number of aromatic nitrogens is 2. The number of hydrogen-bond acceptors (Lipinski definition) is 6. The summed E-state index contributed by atoms with van der Waals surface area (Å²) in [5.74, 6) is 0.514. The summed E-state index contributed by atoms with van der Waals surface area (Å²) in [4.78, 5) is 33.6. The predicted molar refractivity (Wildman–Crippen MR) is 122 cm³/mol. The molecule has 3 N–H and O–H groups in total. The van der Waals surface area contributed by atoms with E-state index in [1.807, 2.05) is 29.2 Å². The first-order chi connectivity index (χ1) is 15.0. The van der Waals surface area contributed by atoms with E-state index >= 15 is 0 Å². The van der Waals surface area contributed by atoms with Crippen LogP contribution in [0.1, 0.15) is 26.7 Å². The second-order valence-electron chi connectivity index (χ2n) is 7.95. The molecule has 0 spiro atoms. The first kappa shape index (κ1) is 22.6. The van der Waals surface area contributed by atoms with Crippen LogP contribution in [0.15, 0.2) is 47.5 Å².